The largest absolute Gasteiger partial charge is 0.494 e. The van der Waals surface area contributed by atoms with E-state index in [1.54, 1.807) is 0 Å². The molecule has 0 aliphatic carbocycles. The number of nitrogens with two attached hydrogens (primary N) is 1. The summed E-state index contributed by atoms with van der Waals surface area (Å²) >= 11 is 0. The number of rotatable bonds is 7. The van der Waals surface area contributed by atoms with Gasteiger partial charge < -0.3 is 15.6 Å². The van der Waals surface area contributed by atoms with Crippen LogP contribution in [0.1, 0.15) is 38.2 Å². The van der Waals surface area contributed by atoms with Crippen LogP contribution in [0.3, 0.4) is 0 Å². The molecule has 0 bridgehead atoms. The van der Waals surface area contributed by atoms with Gasteiger partial charge in [0.05, 0.1) is 6.61 Å². The van der Waals surface area contributed by atoms with E-state index in [2.05, 4.69) is 13.0 Å². The molecular weight excluding hydrogens is 214 g/mol. The molecule has 1 rings (SSSR count). The van der Waals surface area contributed by atoms with Gasteiger partial charge in [0.2, 0.25) is 0 Å². The molecule has 3 nitrogen and oxygen atoms in total. The number of hydrogen-bond acceptors (Lipinski definition) is 3. The van der Waals surface area contributed by atoms with Gasteiger partial charge in [-0.1, -0.05) is 19.1 Å². The molecule has 0 fully saturated rings. The van der Waals surface area contributed by atoms with Gasteiger partial charge in [-0.25, -0.2) is 0 Å². The highest BCUT2D eigenvalue weighted by atomic mass is 16.5. The van der Waals surface area contributed by atoms with Crippen LogP contribution in [0.5, 0.6) is 5.75 Å². The fourth-order valence-electron chi connectivity index (χ4n) is 2.05. The molecule has 0 saturated heterocycles. The second-order valence-corrected chi connectivity index (χ2v) is 4.20. The summed E-state index contributed by atoms with van der Waals surface area (Å²) < 4.78 is 5.48. The van der Waals surface area contributed by atoms with Crippen LogP contribution in [0.25, 0.3) is 0 Å². The Morgan fingerprint density at radius 3 is 2.71 bits per heavy atom. The molecule has 0 amide bonds. The predicted octanol–water partition coefficient (Wildman–Crippen LogP) is 2.29. The molecule has 0 aliphatic heterocycles. The molecule has 3 N–H and O–H groups in total. The third kappa shape index (κ3) is 4.02. The summed E-state index contributed by atoms with van der Waals surface area (Å²) in [5, 5.41) is 9.13. The van der Waals surface area contributed by atoms with Crippen molar-refractivity contribution in [3.05, 3.63) is 29.8 Å². The number of ether oxygens (including phenoxy) is 1. The molecule has 96 valence electrons. The van der Waals surface area contributed by atoms with E-state index in [9.17, 15) is 0 Å². The number of hydrogen-bond donors (Lipinski definition) is 2. The Balaban J connectivity index is 2.88. The topological polar surface area (TPSA) is 55.5 Å². The summed E-state index contributed by atoms with van der Waals surface area (Å²) in [5.41, 5.74) is 7.26. The Morgan fingerprint density at radius 1 is 1.35 bits per heavy atom. The average Bonchev–Trinajstić information content (AvgIpc) is 2.36. The summed E-state index contributed by atoms with van der Waals surface area (Å²) in [4.78, 5) is 0. The van der Waals surface area contributed by atoms with E-state index >= 15 is 0 Å². The monoisotopic (exact) mass is 237 g/mol. The molecule has 2 atom stereocenters. The lowest BCUT2D eigenvalue weighted by molar-refractivity contribution is 0.265. The van der Waals surface area contributed by atoms with Crippen LogP contribution in [0.15, 0.2) is 24.3 Å². The average molecular weight is 237 g/mol. The van der Waals surface area contributed by atoms with Crippen molar-refractivity contribution in [3.63, 3.8) is 0 Å². The summed E-state index contributed by atoms with van der Waals surface area (Å²) in [6, 6.07) is 8.09. The fraction of sp³-hybridized carbons (Fsp3) is 0.571. The van der Waals surface area contributed by atoms with Gasteiger partial charge in [0, 0.05) is 18.6 Å². The lowest BCUT2D eigenvalue weighted by Crippen LogP contribution is -2.28. The normalized spacial score (nSPS) is 14.4. The van der Waals surface area contributed by atoms with E-state index in [1.807, 2.05) is 25.1 Å². The Kier molecular flexibility index (Phi) is 6.01. The van der Waals surface area contributed by atoms with Gasteiger partial charge in [-0.2, -0.15) is 0 Å². The van der Waals surface area contributed by atoms with Crippen LogP contribution in [-0.2, 0) is 0 Å². The van der Waals surface area contributed by atoms with Crippen LogP contribution in [0.2, 0.25) is 0 Å². The number of aliphatic hydroxyl groups excluding tert-OH is 1. The van der Waals surface area contributed by atoms with E-state index in [0.717, 1.165) is 17.7 Å². The van der Waals surface area contributed by atoms with Crippen LogP contribution >= 0.6 is 0 Å². The van der Waals surface area contributed by atoms with Crippen molar-refractivity contribution in [2.45, 2.75) is 38.6 Å². The van der Waals surface area contributed by atoms with E-state index in [4.69, 9.17) is 15.6 Å². The van der Waals surface area contributed by atoms with E-state index in [1.165, 1.54) is 0 Å². The molecule has 0 spiro atoms. The van der Waals surface area contributed by atoms with Crippen molar-refractivity contribution >= 4 is 0 Å². The van der Waals surface area contributed by atoms with E-state index < -0.39 is 0 Å². The maximum absolute atomic E-state index is 9.13. The van der Waals surface area contributed by atoms with E-state index in [-0.39, 0.29) is 18.6 Å². The van der Waals surface area contributed by atoms with Gasteiger partial charge in [-0.3, -0.25) is 0 Å². The minimum atomic E-state index is 0.0824. The van der Waals surface area contributed by atoms with Gasteiger partial charge in [0.25, 0.3) is 0 Å². The first-order chi connectivity index (χ1) is 8.22. The van der Waals surface area contributed by atoms with E-state index in [0.29, 0.717) is 13.0 Å². The highest BCUT2D eigenvalue weighted by Crippen LogP contribution is 2.27. The summed E-state index contributed by atoms with van der Waals surface area (Å²) in [7, 11) is 0. The zero-order valence-corrected chi connectivity index (χ0v) is 10.7. The van der Waals surface area contributed by atoms with Gasteiger partial charge in [-0.15, -0.1) is 0 Å². The standard InChI is InChI=1S/C14H23NO2/c1-3-14(15)13(8-9-16)11-6-5-7-12(10-11)17-4-2/h5-7,10,13-14,16H,3-4,8-9,15H2,1-2H3. The van der Waals surface area contributed by atoms with Crippen LogP contribution in [0.4, 0.5) is 0 Å². The highest BCUT2D eigenvalue weighted by Gasteiger charge is 2.18. The molecule has 1 aromatic rings. The highest BCUT2D eigenvalue weighted by molar-refractivity contribution is 5.31. The van der Waals surface area contributed by atoms with Crippen molar-refractivity contribution in [1.29, 1.82) is 0 Å². The minimum Gasteiger partial charge on any atom is -0.494 e. The third-order valence-electron chi connectivity index (χ3n) is 3.03. The van der Waals surface area contributed by atoms with Crippen molar-refractivity contribution in [3.8, 4) is 5.75 Å². The first kappa shape index (κ1) is 14.0. The molecule has 2 unspecified atom stereocenters. The molecule has 1 aromatic carbocycles. The molecule has 0 saturated carbocycles. The van der Waals surface area contributed by atoms with Crippen molar-refractivity contribution in [1.82, 2.24) is 0 Å². The first-order valence-corrected chi connectivity index (χ1v) is 6.32. The Bertz CT molecular complexity index is 328. The smallest absolute Gasteiger partial charge is 0.119 e. The third-order valence-corrected chi connectivity index (χ3v) is 3.03. The van der Waals surface area contributed by atoms with Crippen molar-refractivity contribution < 1.29 is 9.84 Å². The molecule has 0 heterocycles. The quantitative estimate of drug-likeness (QED) is 0.765. The van der Waals surface area contributed by atoms with Gasteiger partial charge in [0.15, 0.2) is 0 Å². The van der Waals surface area contributed by atoms with Crippen LogP contribution in [0, 0.1) is 0 Å². The Labute approximate surface area is 104 Å². The first-order valence-electron chi connectivity index (χ1n) is 6.32. The minimum absolute atomic E-state index is 0.0824. The summed E-state index contributed by atoms with van der Waals surface area (Å²) in [5.74, 6) is 1.07. The van der Waals surface area contributed by atoms with Crippen molar-refractivity contribution in [2.24, 2.45) is 5.73 Å². The maximum Gasteiger partial charge on any atom is 0.119 e. The zero-order chi connectivity index (χ0) is 12.7. The fourth-order valence-corrected chi connectivity index (χ4v) is 2.05. The zero-order valence-electron chi connectivity index (χ0n) is 10.7. The predicted molar refractivity (Wildman–Crippen MR) is 70.3 cm³/mol. The van der Waals surface area contributed by atoms with Crippen molar-refractivity contribution in [2.75, 3.05) is 13.2 Å². The van der Waals surface area contributed by atoms with Crippen LogP contribution in [-0.4, -0.2) is 24.4 Å². The molecular formula is C14H23NO2. The van der Waals surface area contributed by atoms with Gasteiger partial charge >= 0.3 is 0 Å². The maximum atomic E-state index is 9.13. The molecule has 0 radical (unpaired) electrons. The summed E-state index contributed by atoms with van der Waals surface area (Å²) in [6.45, 7) is 4.86. The second-order valence-electron chi connectivity index (χ2n) is 4.20. The molecule has 3 heteroatoms. The lowest BCUT2D eigenvalue weighted by Gasteiger charge is -2.23. The Hall–Kier alpha value is -1.06. The molecule has 0 aromatic heterocycles. The second kappa shape index (κ2) is 7.30. The SMILES string of the molecule is CCOc1cccc(C(CCO)C(N)CC)c1. The van der Waals surface area contributed by atoms with Crippen LogP contribution < -0.4 is 10.5 Å². The van der Waals surface area contributed by atoms with Gasteiger partial charge in [-0.05, 0) is 37.5 Å². The Morgan fingerprint density at radius 2 is 2.12 bits per heavy atom. The number of benzene rings is 1. The summed E-state index contributed by atoms with van der Waals surface area (Å²) in [6.07, 6.45) is 1.61. The lowest BCUT2D eigenvalue weighted by atomic mass is 9.88. The van der Waals surface area contributed by atoms with Gasteiger partial charge in [0.1, 0.15) is 5.75 Å². The number of aliphatic hydroxyl groups is 1. The molecule has 17 heavy (non-hydrogen) atoms. The molecule has 0 aliphatic rings.